The molecule has 1 radical (unpaired) electrons. The van der Waals surface area contributed by atoms with Crippen LogP contribution in [0.5, 0.6) is 0 Å². The molecule has 0 nitrogen and oxygen atoms in total. The summed E-state index contributed by atoms with van der Waals surface area (Å²) < 4.78 is 0. The lowest BCUT2D eigenvalue weighted by atomic mass is 10.4. The van der Waals surface area contributed by atoms with E-state index in [4.69, 9.17) is 0 Å². The second-order valence-electron chi connectivity index (χ2n) is 6.31. The second kappa shape index (κ2) is 9.61. The molecule has 0 bridgehead atoms. The van der Waals surface area contributed by atoms with Crippen LogP contribution in [0.3, 0.4) is 0 Å². The summed E-state index contributed by atoms with van der Waals surface area (Å²) in [5, 5.41) is 5.37. The van der Waals surface area contributed by atoms with Gasteiger partial charge >= 0.3 is 0 Å². The largest absolute Gasteiger partial charge is 0.0622 e. The summed E-state index contributed by atoms with van der Waals surface area (Å²) in [6, 6.07) is 43.0. The predicted molar refractivity (Wildman–Crippen MR) is 126 cm³/mol. The normalized spacial score (nSPS) is 11.4. The highest BCUT2D eigenvalue weighted by Gasteiger charge is 2.14. The Balaban J connectivity index is 1.75. The summed E-state index contributed by atoms with van der Waals surface area (Å²) in [4.78, 5) is 0. The molecule has 0 spiro atoms. The van der Waals surface area contributed by atoms with Gasteiger partial charge in [0.1, 0.15) is 0 Å². The first-order valence-corrected chi connectivity index (χ1v) is 12.1. The molecule has 0 saturated heterocycles. The first kappa shape index (κ1) is 18.8. The standard InChI is InChI=1S/C26H21P2/c1-5-13-23(14-6-1)27(24-15-7-2-8-16-24)21-22-28(25-17-9-3-10-18-25)26-19-11-4-12-20-26/h1-21H. The Bertz CT molecular complexity index is 833. The first-order chi connectivity index (χ1) is 13.9. The molecule has 0 N–H and O–H groups in total. The lowest BCUT2D eigenvalue weighted by Crippen LogP contribution is -2.11. The van der Waals surface area contributed by atoms with Crippen molar-refractivity contribution >= 4 is 37.1 Å². The van der Waals surface area contributed by atoms with Crippen LogP contribution in [0.1, 0.15) is 0 Å². The van der Waals surface area contributed by atoms with Crippen LogP contribution in [-0.4, -0.2) is 0 Å². The van der Waals surface area contributed by atoms with Gasteiger partial charge in [-0.25, -0.2) is 0 Å². The third kappa shape index (κ3) is 4.66. The van der Waals surface area contributed by atoms with Crippen molar-refractivity contribution in [3.8, 4) is 0 Å². The Hall–Kier alpha value is -2.52. The Morgan fingerprint density at radius 1 is 0.429 bits per heavy atom. The molecular formula is C26H21P2. The molecule has 0 heterocycles. The van der Waals surface area contributed by atoms with Crippen LogP contribution in [0.2, 0.25) is 0 Å². The maximum absolute atomic E-state index is 3.82. The molecule has 0 aliphatic carbocycles. The van der Waals surface area contributed by atoms with E-state index < -0.39 is 15.8 Å². The molecular weight excluding hydrogens is 374 g/mol. The van der Waals surface area contributed by atoms with Crippen molar-refractivity contribution in [1.29, 1.82) is 0 Å². The van der Waals surface area contributed by atoms with Gasteiger partial charge in [-0.15, -0.1) is 0 Å². The van der Waals surface area contributed by atoms with Crippen LogP contribution in [-0.2, 0) is 0 Å². The molecule has 4 aromatic rings. The highest BCUT2D eigenvalue weighted by Crippen LogP contribution is 2.41. The Labute approximate surface area is 170 Å². The van der Waals surface area contributed by atoms with Crippen molar-refractivity contribution in [2.45, 2.75) is 0 Å². The zero-order valence-corrected chi connectivity index (χ0v) is 17.3. The minimum Gasteiger partial charge on any atom is -0.0622 e. The highest BCUT2D eigenvalue weighted by atomic mass is 31.1. The highest BCUT2D eigenvalue weighted by molar-refractivity contribution is 7.78. The van der Waals surface area contributed by atoms with Gasteiger partial charge in [0.25, 0.3) is 0 Å². The zero-order chi connectivity index (χ0) is 19.0. The van der Waals surface area contributed by atoms with Crippen LogP contribution in [0, 0.1) is 5.82 Å². The van der Waals surface area contributed by atoms with Gasteiger partial charge in [0.05, 0.1) is 0 Å². The molecule has 0 aromatic heterocycles. The van der Waals surface area contributed by atoms with Gasteiger partial charge in [-0.1, -0.05) is 121 Å². The Morgan fingerprint density at radius 3 is 1.11 bits per heavy atom. The summed E-state index contributed by atoms with van der Waals surface area (Å²) in [5.74, 6) is 6.14. The van der Waals surface area contributed by atoms with Crippen molar-refractivity contribution in [3.63, 3.8) is 0 Å². The van der Waals surface area contributed by atoms with E-state index in [1.807, 2.05) is 0 Å². The molecule has 0 aliphatic rings. The van der Waals surface area contributed by atoms with Gasteiger partial charge in [-0.2, -0.15) is 0 Å². The van der Waals surface area contributed by atoms with Gasteiger partial charge in [-0.05, 0) is 48.7 Å². The van der Waals surface area contributed by atoms with Gasteiger partial charge in [0.2, 0.25) is 0 Å². The summed E-state index contributed by atoms with van der Waals surface area (Å²) in [7, 11) is -1.24. The lowest BCUT2D eigenvalue weighted by molar-refractivity contribution is 1.75. The number of rotatable bonds is 6. The van der Waals surface area contributed by atoms with E-state index in [1.165, 1.54) is 21.2 Å². The fourth-order valence-electron chi connectivity index (χ4n) is 3.04. The number of benzene rings is 4. The molecule has 2 heteroatoms. The van der Waals surface area contributed by atoms with Crippen molar-refractivity contribution in [1.82, 2.24) is 0 Å². The zero-order valence-electron chi connectivity index (χ0n) is 15.5. The minimum atomic E-state index is -0.653. The summed E-state index contributed by atoms with van der Waals surface area (Å²) in [6.45, 7) is 0. The van der Waals surface area contributed by atoms with Gasteiger partial charge in [0, 0.05) is 0 Å². The molecule has 135 valence electrons. The maximum Gasteiger partial charge on any atom is -0.00559 e. The Kier molecular flexibility index (Phi) is 6.46. The smallest absolute Gasteiger partial charge is 0.00559 e. The van der Waals surface area contributed by atoms with E-state index in [9.17, 15) is 0 Å². The fourth-order valence-corrected chi connectivity index (χ4v) is 7.09. The van der Waals surface area contributed by atoms with E-state index in [0.717, 1.165) is 0 Å². The SMILES string of the molecule is [C](=CP(c1ccccc1)c1ccccc1)P(c1ccccc1)c1ccccc1. The van der Waals surface area contributed by atoms with Crippen LogP contribution < -0.4 is 21.2 Å². The van der Waals surface area contributed by atoms with Crippen LogP contribution >= 0.6 is 15.8 Å². The van der Waals surface area contributed by atoms with Crippen LogP contribution in [0.15, 0.2) is 127 Å². The van der Waals surface area contributed by atoms with E-state index in [-0.39, 0.29) is 0 Å². The van der Waals surface area contributed by atoms with Crippen molar-refractivity contribution in [2.24, 2.45) is 0 Å². The molecule has 0 fully saturated rings. The van der Waals surface area contributed by atoms with E-state index >= 15 is 0 Å². The van der Waals surface area contributed by atoms with Crippen LogP contribution in [0.4, 0.5) is 0 Å². The molecule has 0 unspecified atom stereocenters. The molecule has 0 saturated carbocycles. The van der Waals surface area contributed by atoms with Crippen molar-refractivity contribution in [2.75, 3.05) is 0 Å². The van der Waals surface area contributed by atoms with Gasteiger partial charge in [0.15, 0.2) is 0 Å². The van der Waals surface area contributed by atoms with E-state index in [0.29, 0.717) is 0 Å². The number of hydrogen-bond donors (Lipinski definition) is 0. The molecule has 0 aliphatic heterocycles. The average Bonchev–Trinajstić information content (AvgIpc) is 2.79. The minimum absolute atomic E-state index is 0.584. The third-order valence-corrected chi connectivity index (χ3v) is 8.73. The number of hydrogen-bond acceptors (Lipinski definition) is 0. The molecule has 0 amide bonds. The molecule has 4 rings (SSSR count). The van der Waals surface area contributed by atoms with Gasteiger partial charge in [-0.3, -0.25) is 0 Å². The topological polar surface area (TPSA) is 0 Å². The second-order valence-corrected chi connectivity index (χ2v) is 10.3. The molecule has 0 atom stereocenters. The summed E-state index contributed by atoms with van der Waals surface area (Å²) in [5.41, 5.74) is 0. The fraction of sp³-hybridized carbons (Fsp3) is 0. The monoisotopic (exact) mass is 395 g/mol. The van der Waals surface area contributed by atoms with Gasteiger partial charge < -0.3 is 0 Å². The third-order valence-electron chi connectivity index (χ3n) is 4.41. The molecule has 4 aromatic carbocycles. The van der Waals surface area contributed by atoms with Crippen LogP contribution in [0.25, 0.3) is 0 Å². The predicted octanol–water partition coefficient (Wildman–Crippen LogP) is 5.53. The maximum atomic E-state index is 3.82. The Morgan fingerprint density at radius 2 is 0.750 bits per heavy atom. The average molecular weight is 395 g/mol. The summed E-state index contributed by atoms with van der Waals surface area (Å²) in [6.07, 6.45) is 0. The first-order valence-electron chi connectivity index (χ1n) is 9.31. The summed E-state index contributed by atoms with van der Waals surface area (Å²) >= 11 is 0. The van der Waals surface area contributed by atoms with Crippen molar-refractivity contribution in [3.05, 3.63) is 133 Å². The quantitative estimate of drug-likeness (QED) is 0.377. The van der Waals surface area contributed by atoms with E-state index in [1.54, 1.807) is 0 Å². The lowest BCUT2D eigenvalue weighted by Gasteiger charge is -2.17. The molecule has 28 heavy (non-hydrogen) atoms. The van der Waals surface area contributed by atoms with E-state index in [2.05, 4.69) is 133 Å². The van der Waals surface area contributed by atoms with Crippen molar-refractivity contribution < 1.29 is 0 Å².